The van der Waals surface area contributed by atoms with Crippen molar-refractivity contribution in [3.8, 4) is 5.75 Å². The van der Waals surface area contributed by atoms with E-state index in [1.807, 2.05) is 55.5 Å². The Bertz CT molecular complexity index is 656. The summed E-state index contributed by atoms with van der Waals surface area (Å²) in [5.74, 6) is 0.904. The van der Waals surface area contributed by atoms with Crippen molar-refractivity contribution in [3.05, 3.63) is 59.7 Å². The minimum atomic E-state index is 0.0207. The molecule has 0 aromatic heterocycles. The largest absolute Gasteiger partial charge is 0.493 e. The molecule has 0 unspecified atom stereocenters. The Kier molecular flexibility index (Phi) is 7.30. The third-order valence-corrected chi connectivity index (χ3v) is 3.76. The van der Waals surface area contributed by atoms with Crippen molar-refractivity contribution >= 4 is 11.6 Å². The Labute approximate surface area is 144 Å². The predicted molar refractivity (Wildman–Crippen MR) is 98.4 cm³/mol. The molecule has 0 saturated carbocycles. The molecule has 128 valence electrons. The molecule has 0 saturated heterocycles. The predicted octanol–water partition coefficient (Wildman–Crippen LogP) is 3.90. The van der Waals surface area contributed by atoms with Crippen molar-refractivity contribution in [3.63, 3.8) is 0 Å². The zero-order chi connectivity index (χ0) is 17.2. The summed E-state index contributed by atoms with van der Waals surface area (Å²) in [6.45, 7) is 6.28. The highest BCUT2D eigenvalue weighted by Gasteiger charge is 2.06. The van der Waals surface area contributed by atoms with Gasteiger partial charge >= 0.3 is 0 Å². The lowest BCUT2D eigenvalue weighted by Gasteiger charge is -2.12. The van der Waals surface area contributed by atoms with Gasteiger partial charge in [-0.15, -0.1) is 0 Å². The fourth-order valence-electron chi connectivity index (χ4n) is 2.40. The van der Waals surface area contributed by atoms with Gasteiger partial charge in [-0.1, -0.05) is 43.3 Å². The fraction of sp³-hybridized carbons (Fsp3) is 0.350. The van der Waals surface area contributed by atoms with Crippen LogP contribution in [0.4, 0.5) is 5.69 Å². The molecule has 1 amide bonds. The van der Waals surface area contributed by atoms with Crippen LogP contribution in [0.3, 0.4) is 0 Å². The van der Waals surface area contributed by atoms with Crippen LogP contribution in [0, 0.1) is 6.92 Å². The molecule has 4 nitrogen and oxygen atoms in total. The van der Waals surface area contributed by atoms with Crippen molar-refractivity contribution < 1.29 is 9.53 Å². The van der Waals surface area contributed by atoms with Gasteiger partial charge in [-0.2, -0.15) is 0 Å². The molecule has 2 aromatic rings. The first-order chi connectivity index (χ1) is 11.7. The smallest absolute Gasteiger partial charge is 0.224 e. The van der Waals surface area contributed by atoms with Crippen LogP contribution in [0.2, 0.25) is 0 Å². The molecular weight excluding hydrogens is 300 g/mol. The van der Waals surface area contributed by atoms with Crippen molar-refractivity contribution in [1.82, 2.24) is 5.32 Å². The maximum atomic E-state index is 12.1. The SMILES string of the molecule is CCNCc1ccccc1NC(=O)CCCOc1ccccc1C. The van der Waals surface area contributed by atoms with E-state index in [1.165, 1.54) is 0 Å². The molecule has 0 aliphatic carbocycles. The molecule has 2 N–H and O–H groups in total. The number of anilines is 1. The normalized spacial score (nSPS) is 10.4. The molecule has 0 fully saturated rings. The van der Waals surface area contributed by atoms with Gasteiger partial charge in [0.2, 0.25) is 5.91 Å². The van der Waals surface area contributed by atoms with Crippen LogP contribution in [0.1, 0.15) is 30.9 Å². The molecule has 0 heterocycles. The number of carbonyl (C=O) groups is 1. The zero-order valence-corrected chi connectivity index (χ0v) is 14.5. The number of benzene rings is 2. The minimum absolute atomic E-state index is 0.0207. The number of para-hydroxylation sites is 2. The molecule has 4 heteroatoms. The van der Waals surface area contributed by atoms with E-state index in [1.54, 1.807) is 0 Å². The van der Waals surface area contributed by atoms with Gasteiger partial charge in [0.1, 0.15) is 5.75 Å². The Morgan fingerprint density at radius 2 is 1.83 bits per heavy atom. The Morgan fingerprint density at radius 1 is 1.08 bits per heavy atom. The van der Waals surface area contributed by atoms with Crippen molar-refractivity contribution in [1.29, 1.82) is 0 Å². The lowest BCUT2D eigenvalue weighted by Crippen LogP contribution is -2.17. The first kappa shape index (κ1) is 18.0. The standard InChI is InChI=1S/C20H26N2O2/c1-3-21-15-17-10-5-6-11-18(17)22-20(23)13-8-14-24-19-12-7-4-9-16(19)2/h4-7,9-12,21H,3,8,13-15H2,1-2H3,(H,22,23). The number of ether oxygens (including phenoxy) is 1. The van der Waals surface area contributed by atoms with E-state index >= 15 is 0 Å². The van der Waals surface area contributed by atoms with Gasteiger partial charge in [0, 0.05) is 18.7 Å². The number of nitrogens with one attached hydrogen (secondary N) is 2. The second-order valence-corrected chi connectivity index (χ2v) is 5.70. The molecule has 0 radical (unpaired) electrons. The average Bonchev–Trinajstić information content (AvgIpc) is 2.59. The minimum Gasteiger partial charge on any atom is -0.493 e. The number of aryl methyl sites for hydroxylation is 1. The molecule has 0 aliphatic heterocycles. The highest BCUT2D eigenvalue weighted by Crippen LogP contribution is 2.17. The summed E-state index contributed by atoms with van der Waals surface area (Å²) in [6, 6.07) is 15.8. The lowest BCUT2D eigenvalue weighted by atomic mass is 10.1. The first-order valence-electron chi connectivity index (χ1n) is 8.47. The summed E-state index contributed by atoms with van der Waals surface area (Å²) >= 11 is 0. The number of amides is 1. The summed E-state index contributed by atoms with van der Waals surface area (Å²) in [5, 5.41) is 6.28. The van der Waals surface area contributed by atoms with Gasteiger partial charge in [0.25, 0.3) is 0 Å². The molecule has 2 rings (SSSR count). The second kappa shape index (κ2) is 9.73. The Morgan fingerprint density at radius 3 is 2.62 bits per heavy atom. The van der Waals surface area contributed by atoms with E-state index in [4.69, 9.17) is 4.74 Å². The fourth-order valence-corrected chi connectivity index (χ4v) is 2.40. The molecule has 0 spiro atoms. The van der Waals surface area contributed by atoms with Gasteiger partial charge < -0.3 is 15.4 Å². The van der Waals surface area contributed by atoms with E-state index in [0.29, 0.717) is 19.4 Å². The summed E-state index contributed by atoms with van der Waals surface area (Å²) in [7, 11) is 0. The molecule has 0 atom stereocenters. The van der Waals surface area contributed by atoms with Gasteiger partial charge in [0.05, 0.1) is 6.61 Å². The van der Waals surface area contributed by atoms with Crippen molar-refractivity contribution in [2.45, 2.75) is 33.2 Å². The van der Waals surface area contributed by atoms with Gasteiger partial charge in [0.15, 0.2) is 0 Å². The molecule has 0 bridgehead atoms. The lowest BCUT2D eigenvalue weighted by molar-refractivity contribution is -0.116. The van der Waals surface area contributed by atoms with Crippen LogP contribution in [0.15, 0.2) is 48.5 Å². The summed E-state index contributed by atoms with van der Waals surface area (Å²) < 4.78 is 5.72. The van der Waals surface area contributed by atoms with Crippen LogP contribution < -0.4 is 15.4 Å². The van der Waals surface area contributed by atoms with Crippen LogP contribution in [-0.4, -0.2) is 19.1 Å². The molecule has 2 aromatic carbocycles. The van der Waals surface area contributed by atoms with Gasteiger partial charge in [-0.05, 0) is 43.1 Å². The first-order valence-corrected chi connectivity index (χ1v) is 8.47. The third-order valence-electron chi connectivity index (χ3n) is 3.76. The van der Waals surface area contributed by atoms with E-state index < -0.39 is 0 Å². The third kappa shape index (κ3) is 5.70. The quantitative estimate of drug-likeness (QED) is 0.687. The number of hydrogen-bond acceptors (Lipinski definition) is 3. The number of carbonyl (C=O) groups excluding carboxylic acids is 1. The highest BCUT2D eigenvalue weighted by atomic mass is 16.5. The van der Waals surface area contributed by atoms with E-state index in [-0.39, 0.29) is 5.91 Å². The van der Waals surface area contributed by atoms with Crippen LogP contribution in [0.5, 0.6) is 5.75 Å². The highest BCUT2D eigenvalue weighted by molar-refractivity contribution is 5.91. The summed E-state index contributed by atoms with van der Waals surface area (Å²) in [6.07, 6.45) is 1.14. The van der Waals surface area contributed by atoms with E-state index in [0.717, 1.165) is 35.7 Å². The Hall–Kier alpha value is -2.33. The molecule has 0 aliphatic rings. The van der Waals surface area contributed by atoms with Gasteiger partial charge in [-0.25, -0.2) is 0 Å². The molecule has 24 heavy (non-hydrogen) atoms. The van der Waals surface area contributed by atoms with E-state index in [9.17, 15) is 4.79 Å². The van der Waals surface area contributed by atoms with Crippen molar-refractivity contribution in [2.24, 2.45) is 0 Å². The number of hydrogen-bond donors (Lipinski definition) is 2. The monoisotopic (exact) mass is 326 g/mol. The Balaban J connectivity index is 1.76. The second-order valence-electron chi connectivity index (χ2n) is 5.70. The maximum absolute atomic E-state index is 12.1. The van der Waals surface area contributed by atoms with Crippen LogP contribution in [0.25, 0.3) is 0 Å². The van der Waals surface area contributed by atoms with E-state index in [2.05, 4.69) is 17.6 Å². The average molecular weight is 326 g/mol. The zero-order valence-electron chi connectivity index (χ0n) is 14.5. The topological polar surface area (TPSA) is 50.4 Å². The van der Waals surface area contributed by atoms with Crippen molar-refractivity contribution in [2.75, 3.05) is 18.5 Å². The summed E-state index contributed by atoms with van der Waals surface area (Å²) in [4.78, 5) is 12.1. The van der Waals surface area contributed by atoms with Gasteiger partial charge in [-0.3, -0.25) is 4.79 Å². The van der Waals surface area contributed by atoms with Crippen LogP contribution >= 0.6 is 0 Å². The molecular formula is C20H26N2O2. The summed E-state index contributed by atoms with van der Waals surface area (Å²) in [5.41, 5.74) is 3.09. The van der Waals surface area contributed by atoms with Crippen LogP contribution in [-0.2, 0) is 11.3 Å². The maximum Gasteiger partial charge on any atom is 0.224 e. The number of rotatable bonds is 9.